The Kier molecular flexibility index (Phi) is 6.06. The molecule has 0 amide bonds. The number of hydrogen-bond donors (Lipinski definition) is 1. The fourth-order valence-electron chi connectivity index (χ4n) is 1.79. The number of anilines is 1. The molecule has 0 aromatic heterocycles. The van der Waals surface area contributed by atoms with Gasteiger partial charge in [0.1, 0.15) is 0 Å². The van der Waals surface area contributed by atoms with Crippen molar-refractivity contribution in [3.05, 3.63) is 28.3 Å². The highest BCUT2D eigenvalue weighted by Crippen LogP contribution is 2.28. The lowest BCUT2D eigenvalue weighted by molar-refractivity contribution is -0.387. The molecular weight excluding hydrogens is 298 g/mol. The third kappa shape index (κ3) is 4.13. The quantitative estimate of drug-likeness (QED) is 0.333. The number of rotatable bonds is 8. The summed E-state index contributed by atoms with van der Waals surface area (Å²) in [4.78, 5) is 9.88. The maximum atomic E-state index is 12.5. The molecule has 0 radical (unpaired) electrons. The van der Waals surface area contributed by atoms with Gasteiger partial charge in [-0.1, -0.05) is 6.92 Å². The first kappa shape index (κ1) is 17.3. The van der Waals surface area contributed by atoms with Gasteiger partial charge >= 0.3 is 0 Å². The number of nitrogen functional groups attached to an aromatic ring is 1. The third-order valence-electron chi connectivity index (χ3n) is 2.84. The van der Waals surface area contributed by atoms with Crippen molar-refractivity contribution in [3.8, 4) is 0 Å². The molecule has 0 saturated heterocycles. The SMILES string of the molecule is CCOCCN(CC)S(=O)(=O)c1cc(N)ccc1[N+](=O)[O-]. The van der Waals surface area contributed by atoms with Crippen LogP contribution in [0.1, 0.15) is 13.8 Å². The second kappa shape index (κ2) is 7.34. The zero-order chi connectivity index (χ0) is 16.0. The topological polar surface area (TPSA) is 116 Å². The van der Waals surface area contributed by atoms with Gasteiger partial charge in [-0.2, -0.15) is 4.31 Å². The number of nitro benzene ring substituents is 1. The summed E-state index contributed by atoms with van der Waals surface area (Å²) in [6.45, 7) is 4.45. The van der Waals surface area contributed by atoms with E-state index in [1.165, 1.54) is 6.07 Å². The molecule has 1 rings (SSSR count). The standard InChI is InChI=1S/C12H19N3O5S/c1-3-14(7-8-20-4-2)21(18,19)12-9-10(13)5-6-11(12)15(16)17/h5-6,9H,3-4,7-8,13H2,1-2H3. The van der Waals surface area contributed by atoms with Crippen LogP contribution in [-0.2, 0) is 14.8 Å². The van der Waals surface area contributed by atoms with E-state index in [2.05, 4.69) is 0 Å². The van der Waals surface area contributed by atoms with Gasteiger partial charge in [0, 0.05) is 31.5 Å². The lowest BCUT2D eigenvalue weighted by Gasteiger charge is -2.20. The summed E-state index contributed by atoms with van der Waals surface area (Å²) in [6, 6.07) is 3.50. The molecule has 0 aliphatic heterocycles. The minimum Gasteiger partial charge on any atom is -0.399 e. The molecule has 1 aromatic rings. The van der Waals surface area contributed by atoms with Crippen LogP contribution in [0, 0.1) is 10.1 Å². The van der Waals surface area contributed by atoms with Crippen molar-refractivity contribution in [2.45, 2.75) is 18.7 Å². The van der Waals surface area contributed by atoms with Gasteiger partial charge in [0.05, 0.1) is 11.5 Å². The molecule has 0 saturated carbocycles. The highest BCUT2D eigenvalue weighted by Gasteiger charge is 2.30. The lowest BCUT2D eigenvalue weighted by atomic mass is 10.3. The molecule has 0 unspecified atom stereocenters. The lowest BCUT2D eigenvalue weighted by Crippen LogP contribution is -2.34. The van der Waals surface area contributed by atoms with E-state index >= 15 is 0 Å². The fourth-order valence-corrected chi connectivity index (χ4v) is 3.41. The summed E-state index contributed by atoms with van der Waals surface area (Å²) < 4.78 is 31.4. The van der Waals surface area contributed by atoms with E-state index in [-0.39, 0.29) is 25.4 Å². The first-order chi connectivity index (χ1) is 9.84. The van der Waals surface area contributed by atoms with Crippen LogP contribution in [0.4, 0.5) is 11.4 Å². The Hall–Kier alpha value is -1.71. The van der Waals surface area contributed by atoms with Crippen molar-refractivity contribution in [2.24, 2.45) is 0 Å². The van der Waals surface area contributed by atoms with Gasteiger partial charge in [-0.3, -0.25) is 10.1 Å². The van der Waals surface area contributed by atoms with Crippen LogP contribution in [0.15, 0.2) is 23.1 Å². The molecule has 118 valence electrons. The first-order valence-electron chi connectivity index (χ1n) is 6.46. The Morgan fingerprint density at radius 1 is 1.38 bits per heavy atom. The number of sulfonamides is 1. The average molecular weight is 317 g/mol. The maximum absolute atomic E-state index is 12.5. The van der Waals surface area contributed by atoms with Gasteiger partial charge in [0.15, 0.2) is 4.90 Å². The Balaban J connectivity index is 3.21. The molecule has 0 aliphatic rings. The summed E-state index contributed by atoms with van der Waals surface area (Å²) >= 11 is 0. The number of hydrogen-bond acceptors (Lipinski definition) is 6. The second-order valence-corrected chi connectivity index (χ2v) is 6.08. The van der Waals surface area contributed by atoms with E-state index in [0.29, 0.717) is 6.61 Å². The van der Waals surface area contributed by atoms with Crippen LogP contribution in [0.3, 0.4) is 0 Å². The molecule has 2 N–H and O–H groups in total. The number of benzene rings is 1. The molecule has 0 aliphatic carbocycles. The van der Waals surface area contributed by atoms with E-state index in [0.717, 1.165) is 16.4 Å². The predicted octanol–water partition coefficient (Wildman–Crippen LogP) is 1.22. The average Bonchev–Trinajstić information content (AvgIpc) is 2.43. The molecule has 21 heavy (non-hydrogen) atoms. The summed E-state index contributed by atoms with van der Waals surface area (Å²) in [6.07, 6.45) is 0. The predicted molar refractivity (Wildman–Crippen MR) is 78.4 cm³/mol. The zero-order valence-electron chi connectivity index (χ0n) is 12.0. The molecule has 0 spiro atoms. The summed E-state index contributed by atoms with van der Waals surface area (Å²) in [5.74, 6) is 0. The second-order valence-electron chi connectivity index (χ2n) is 4.18. The van der Waals surface area contributed by atoms with Gasteiger partial charge in [0.2, 0.25) is 10.0 Å². The van der Waals surface area contributed by atoms with Crippen molar-refractivity contribution < 1.29 is 18.1 Å². The Morgan fingerprint density at radius 2 is 2.05 bits per heavy atom. The van der Waals surface area contributed by atoms with Crippen molar-refractivity contribution in [1.82, 2.24) is 4.31 Å². The zero-order valence-corrected chi connectivity index (χ0v) is 12.8. The molecule has 1 aromatic carbocycles. The van der Waals surface area contributed by atoms with Crippen LogP contribution < -0.4 is 5.73 Å². The Bertz CT molecular complexity index is 603. The number of nitrogens with zero attached hydrogens (tertiary/aromatic N) is 2. The number of nitrogens with two attached hydrogens (primary N) is 1. The van der Waals surface area contributed by atoms with Crippen molar-refractivity contribution >= 4 is 21.4 Å². The smallest absolute Gasteiger partial charge is 0.289 e. The number of ether oxygens (including phenoxy) is 1. The minimum absolute atomic E-state index is 0.124. The van der Waals surface area contributed by atoms with Gasteiger partial charge < -0.3 is 10.5 Å². The van der Waals surface area contributed by atoms with Crippen LogP contribution in [0.5, 0.6) is 0 Å². The van der Waals surface area contributed by atoms with E-state index in [1.54, 1.807) is 13.8 Å². The van der Waals surface area contributed by atoms with Crippen LogP contribution in [0.2, 0.25) is 0 Å². The maximum Gasteiger partial charge on any atom is 0.289 e. The number of nitro groups is 1. The monoisotopic (exact) mass is 317 g/mol. The van der Waals surface area contributed by atoms with Crippen molar-refractivity contribution in [2.75, 3.05) is 32.0 Å². The summed E-state index contributed by atoms with van der Waals surface area (Å²) in [7, 11) is -4.00. The molecule has 0 atom stereocenters. The molecule has 9 heteroatoms. The fraction of sp³-hybridized carbons (Fsp3) is 0.500. The van der Waals surface area contributed by atoms with Crippen molar-refractivity contribution in [1.29, 1.82) is 0 Å². The van der Waals surface area contributed by atoms with Crippen LogP contribution in [0.25, 0.3) is 0 Å². The van der Waals surface area contributed by atoms with Gasteiger partial charge in [-0.15, -0.1) is 0 Å². The highest BCUT2D eigenvalue weighted by molar-refractivity contribution is 7.89. The van der Waals surface area contributed by atoms with Gasteiger partial charge in [0.25, 0.3) is 5.69 Å². The molecule has 8 nitrogen and oxygen atoms in total. The Morgan fingerprint density at radius 3 is 2.57 bits per heavy atom. The highest BCUT2D eigenvalue weighted by atomic mass is 32.2. The minimum atomic E-state index is -4.00. The van der Waals surface area contributed by atoms with Gasteiger partial charge in [-0.05, 0) is 19.1 Å². The Labute approximate surface area is 123 Å². The van der Waals surface area contributed by atoms with Crippen molar-refractivity contribution in [3.63, 3.8) is 0 Å². The van der Waals surface area contributed by atoms with Gasteiger partial charge in [-0.25, -0.2) is 8.42 Å². The van der Waals surface area contributed by atoms with Crippen LogP contribution >= 0.6 is 0 Å². The normalized spacial score (nSPS) is 11.8. The molecule has 0 heterocycles. The molecule has 0 fully saturated rings. The third-order valence-corrected chi connectivity index (χ3v) is 4.84. The first-order valence-corrected chi connectivity index (χ1v) is 7.90. The number of likely N-dealkylation sites (N-methyl/N-ethyl adjacent to an activating group) is 1. The van der Waals surface area contributed by atoms with E-state index in [9.17, 15) is 18.5 Å². The summed E-state index contributed by atoms with van der Waals surface area (Å²) in [5, 5.41) is 11.0. The van der Waals surface area contributed by atoms with E-state index in [1.807, 2.05) is 0 Å². The summed E-state index contributed by atoms with van der Waals surface area (Å²) in [5.41, 5.74) is 5.22. The molecular formula is C12H19N3O5S. The molecule has 0 bridgehead atoms. The van der Waals surface area contributed by atoms with Crippen LogP contribution in [-0.4, -0.2) is 43.9 Å². The largest absolute Gasteiger partial charge is 0.399 e. The van der Waals surface area contributed by atoms with E-state index in [4.69, 9.17) is 10.5 Å². The van der Waals surface area contributed by atoms with E-state index < -0.39 is 25.5 Å².